The number of halogens is 1. The second kappa shape index (κ2) is 7.75. The lowest BCUT2D eigenvalue weighted by Crippen LogP contribution is -2.46. The van der Waals surface area contributed by atoms with Crippen LogP contribution < -0.4 is 4.90 Å². The monoisotopic (exact) mass is 381 g/mol. The first-order chi connectivity index (χ1) is 13.1. The quantitative estimate of drug-likeness (QED) is 0.641. The van der Waals surface area contributed by atoms with Gasteiger partial charge in [0, 0.05) is 42.5 Å². The maximum absolute atomic E-state index is 5.95. The maximum Gasteiger partial charge on any atom is 0.209 e. The number of oxazole rings is 1. The van der Waals surface area contributed by atoms with E-state index in [9.17, 15) is 0 Å². The highest BCUT2D eigenvalue weighted by molar-refractivity contribution is 6.30. The van der Waals surface area contributed by atoms with E-state index in [1.165, 1.54) is 16.8 Å². The van der Waals surface area contributed by atoms with Gasteiger partial charge >= 0.3 is 0 Å². The standard InChI is InChI=1S/C22H24ClN3O/c1-16-4-3-5-20(17(16)2)26-12-10-25(11-13-26)15-22-24-14-21(27-22)18-6-8-19(23)9-7-18/h3-9,14H,10-13,15H2,1-2H3. The molecule has 0 radical (unpaired) electrons. The van der Waals surface area contributed by atoms with Crippen molar-refractivity contribution in [3.63, 3.8) is 0 Å². The molecule has 1 aliphatic rings. The van der Waals surface area contributed by atoms with Crippen LogP contribution in [0.4, 0.5) is 5.69 Å². The van der Waals surface area contributed by atoms with Gasteiger partial charge in [-0.2, -0.15) is 0 Å². The first-order valence-corrected chi connectivity index (χ1v) is 9.72. The van der Waals surface area contributed by atoms with Crippen molar-refractivity contribution in [1.82, 2.24) is 9.88 Å². The number of aromatic nitrogens is 1. The van der Waals surface area contributed by atoms with Crippen molar-refractivity contribution < 1.29 is 4.42 Å². The van der Waals surface area contributed by atoms with Crippen LogP contribution in [0, 0.1) is 13.8 Å². The third-order valence-electron chi connectivity index (χ3n) is 5.33. The highest BCUT2D eigenvalue weighted by Gasteiger charge is 2.20. The molecule has 2 aromatic carbocycles. The van der Waals surface area contributed by atoms with Gasteiger partial charge in [0.15, 0.2) is 5.76 Å². The number of hydrogen-bond donors (Lipinski definition) is 0. The lowest BCUT2D eigenvalue weighted by atomic mass is 10.1. The van der Waals surface area contributed by atoms with Gasteiger partial charge < -0.3 is 9.32 Å². The van der Waals surface area contributed by atoms with Crippen molar-refractivity contribution in [2.24, 2.45) is 0 Å². The van der Waals surface area contributed by atoms with Crippen LogP contribution in [0.1, 0.15) is 17.0 Å². The largest absolute Gasteiger partial charge is 0.439 e. The molecule has 0 N–H and O–H groups in total. The van der Waals surface area contributed by atoms with Gasteiger partial charge in [-0.25, -0.2) is 4.98 Å². The zero-order valence-electron chi connectivity index (χ0n) is 15.8. The van der Waals surface area contributed by atoms with Gasteiger partial charge in [-0.3, -0.25) is 4.90 Å². The van der Waals surface area contributed by atoms with E-state index in [1.807, 2.05) is 24.3 Å². The van der Waals surface area contributed by atoms with Gasteiger partial charge in [-0.15, -0.1) is 0 Å². The van der Waals surface area contributed by atoms with Crippen molar-refractivity contribution in [2.45, 2.75) is 20.4 Å². The van der Waals surface area contributed by atoms with Crippen LogP contribution in [0.15, 0.2) is 53.1 Å². The minimum atomic E-state index is 0.722. The Hall–Kier alpha value is -2.30. The molecule has 0 aliphatic carbocycles. The highest BCUT2D eigenvalue weighted by Crippen LogP contribution is 2.25. The Morgan fingerprint density at radius 2 is 1.74 bits per heavy atom. The third kappa shape index (κ3) is 4.02. The molecular formula is C22H24ClN3O. The zero-order valence-corrected chi connectivity index (χ0v) is 16.5. The predicted octanol–water partition coefficient (Wildman–Crippen LogP) is 4.93. The molecule has 4 rings (SSSR count). The summed E-state index contributed by atoms with van der Waals surface area (Å²) in [7, 11) is 0. The molecule has 1 fully saturated rings. The summed E-state index contributed by atoms with van der Waals surface area (Å²) in [5.41, 5.74) is 5.09. The molecule has 27 heavy (non-hydrogen) atoms. The van der Waals surface area contributed by atoms with Gasteiger partial charge in [0.25, 0.3) is 0 Å². The Balaban J connectivity index is 1.37. The molecule has 1 aromatic heterocycles. The van der Waals surface area contributed by atoms with Crippen LogP contribution in [-0.4, -0.2) is 36.1 Å². The summed E-state index contributed by atoms with van der Waals surface area (Å²) in [6, 6.07) is 14.2. The van der Waals surface area contributed by atoms with E-state index in [-0.39, 0.29) is 0 Å². The third-order valence-corrected chi connectivity index (χ3v) is 5.58. The SMILES string of the molecule is Cc1cccc(N2CCN(Cc3ncc(-c4ccc(Cl)cc4)o3)CC2)c1C. The normalized spacial score (nSPS) is 15.3. The number of hydrogen-bond acceptors (Lipinski definition) is 4. The molecule has 0 bridgehead atoms. The topological polar surface area (TPSA) is 32.5 Å². The second-order valence-electron chi connectivity index (χ2n) is 7.11. The van der Waals surface area contributed by atoms with E-state index in [1.54, 1.807) is 6.20 Å². The summed E-state index contributed by atoms with van der Waals surface area (Å²) in [6.45, 7) is 9.19. The second-order valence-corrected chi connectivity index (χ2v) is 7.54. The van der Waals surface area contributed by atoms with Crippen LogP contribution in [0.2, 0.25) is 5.02 Å². The van der Waals surface area contributed by atoms with Crippen LogP contribution in [0.3, 0.4) is 0 Å². The summed E-state index contributed by atoms with van der Waals surface area (Å²) in [5.74, 6) is 1.55. The molecule has 1 saturated heterocycles. The van der Waals surface area contributed by atoms with Crippen LogP contribution in [-0.2, 0) is 6.54 Å². The fraction of sp³-hybridized carbons (Fsp3) is 0.318. The maximum atomic E-state index is 5.95. The highest BCUT2D eigenvalue weighted by atomic mass is 35.5. The average Bonchev–Trinajstić information content (AvgIpc) is 3.14. The minimum Gasteiger partial charge on any atom is -0.439 e. The lowest BCUT2D eigenvalue weighted by molar-refractivity contribution is 0.227. The molecule has 0 saturated carbocycles. The van der Waals surface area contributed by atoms with Crippen molar-refractivity contribution in [3.8, 4) is 11.3 Å². The van der Waals surface area contributed by atoms with Crippen molar-refractivity contribution >= 4 is 17.3 Å². The molecule has 0 atom stereocenters. The van der Waals surface area contributed by atoms with Crippen molar-refractivity contribution in [1.29, 1.82) is 0 Å². The predicted molar refractivity (Wildman–Crippen MR) is 110 cm³/mol. The van der Waals surface area contributed by atoms with Gasteiger partial charge in [-0.1, -0.05) is 23.7 Å². The Labute approximate surface area is 165 Å². The van der Waals surface area contributed by atoms with E-state index in [0.717, 1.165) is 55.0 Å². The first kappa shape index (κ1) is 18.1. The average molecular weight is 382 g/mol. The van der Waals surface area contributed by atoms with Crippen LogP contribution >= 0.6 is 11.6 Å². The molecule has 4 nitrogen and oxygen atoms in total. The molecule has 140 valence electrons. The number of aryl methyl sites for hydroxylation is 1. The molecule has 0 unspecified atom stereocenters. The lowest BCUT2D eigenvalue weighted by Gasteiger charge is -2.36. The number of benzene rings is 2. The van der Waals surface area contributed by atoms with E-state index in [0.29, 0.717) is 0 Å². The smallest absolute Gasteiger partial charge is 0.209 e. The van der Waals surface area contributed by atoms with Gasteiger partial charge in [0.1, 0.15) is 0 Å². The van der Waals surface area contributed by atoms with Gasteiger partial charge in [0.05, 0.1) is 12.7 Å². The number of piperazine rings is 1. The molecular weight excluding hydrogens is 358 g/mol. The minimum absolute atomic E-state index is 0.722. The van der Waals surface area contributed by atoms with Crippen molar-refractivity contribution in [3.05, 3.63) is 70.7 Å². The molecule has 2 heterocycles. The molecule has 1 aliphatic heterocycles. The summed E-state index contributed by atoms with van der Waals surface area (Å²) >= 11 is 5.95. The summed E-state index contributed by atoms with van der Waals surface area (Å²) in [5, 5.41) is 0.722. The van der Waals surface area contributed by atoms with Gasteiger partial charge in [0.2, 0.25) is 5.89 Å². The van der Waals surface area contributed by atoms with Crippen LogP contribution in [0.25, 0.3) is 11.3 Å². The molecule has 0 amide bonds. The van der Waals surface area contributed by atoms with E-state index in [2.05, 4.69) is 46.8 Å². The van der Waals surface area contributed by atoms with E-state index >= 15 is 0 Å². The Morgan fingerprint density at radius 1 is 1.00 bits per heavy atom. The molecule has 5 heteroatoms. The van der Waals surface area contributed by atoms with Crippen molar-refractivity contribution in [2.75, 3.05) is 31.1 Å². The molecule has 3 aromatic rings. The summed E-state index contributed by atoms with van der Waals surface area (Å²) < 4.78 is 5.95. The fourth-order valence-electron chi connectivity index (χ4n) is 3.55. The van der Waals surface area contributed by atoms with E-state index in [4.69, 9.17) is 16.0 Å². The fourth-order valence-corrected chi connectivity index (χ4v) is 3.67. The Kier molecular flexibility index (Phi) is 5.19. The van der Waals surface area contributed by atoms with E-state index < -0.39 is 0 Å². The molecule has 0 spiro atoms. The number of nitrogens with zero attached hydrogens (tertiary/aromatic N) is 3. The first-order valence-electron chi connectivity index (χ1n) is 9.34. The Bertz CT molecular complexity index is 912. The van der Waals surface area contributed by atoms with Gasteiger partial charge in [-0.05, 0) is 55.3 Å². The summed E-state index contributed by atoms with van der Waals surface area (Å²) in [6.07, 6.45) is 1.80. The summed E-state index contributed by atoms with van der Waals surface area (Å²) in [4.78, 5) is 9.34. The number of rotatable bonds is 4. The van der Waals surface area contributed by atoms with Crippen LogP contribution in [0.5, 0.6) is 0 Å². The zero-order chi connectivity index (χ0) is 18.8. The number of anilines is 1. The Morgan fingerprint density at radius 3 is 2.48 bits per heavy atom.